The molecule has 0 radical (unpaired) electrons. The largest absolute Gasteiger partial charge is 0.459 e. The summed E-state index contributed by atoms with van der Waals surface area (Å²) in [6.45, 7) is 1.94. The second-order valence-electron chi connectivity index (χ2n) is 7.00. The molecule has 0 aliphatic carbocycles. The molecule has 2 heterocycles. The van der Waals surface area contributed by atoms with Crippen molar-refractivity contribution in [1.29, 1.82) is 0 Å². The zero-order valence-corrected chi connectivity index (χ0v) is 17.8. The predicted molar refractivity (Wildman–Crippen MR) is 125 cm³/mol. The topological polar surface area (TPSA) is 84.5 Å². The minimum Gasteiger partial charge on any atom is -0.459 e. The van der Waals surface area contributed by atoms with E-state index in [0.29, 0.717) is 27.9 Å². The first-order chi connectivity index (χ1) is 15.5. The van der Waals surface area contributed by atoms with Gasteiger partial charge in [0, 0.05) is 28.0 Å². The Kier molecular flexibility index (Phi) is 6.24. The number of nitrogens with one attached hydrogen (secondary N) is 2. The standard InChI is InChI=1S/C25H19ClN2O4/c1-16-4-5-17(15-21(16)26)22-12-10-20(32-22)11-13-24(29)27-18-6-8-19(9-7-18)28-25(30)23-3-2-14-31-23/h2-15H,1H3,(H,27,29)(H,28,30). The van der Waals surface area contributed by atoms with Gasteiger partial charge in [0.05, 0.1) is 6.26 Å². The van der Waals surface area contributed by atoms with Gasteiger partial charge in [-0.25, -0.2) is 0 Å². The molecule has 4 aromatic rings. The molecule has 2 aromatic heterocycles. The first-order valence-corrected chi connectivity index (χ1v) is 10.2. The molecule has 0 bridgehead atoms. The van der Waals surface area contributed by atoms with Crippen molar-refractivity contribution in [3.63, 3.8) is 0 Å². The second-order valence-corrected chi connectivity index (χ2v) is 7.40. The lowest BCUT2D eigenvalue weighted by atomic mass is 10.1. The lowest BCUT2D eigenvalue weighted by Crippen LogP contribution is -2.11. The molecule has 0 saturated heterocycles. The third-order valence-corrected chi connectivity index (χ3v) is 5.04. The number of hydrogen-bond acceptors (Lipinski definition) is 4. The Balaban J connectivity index is 1.34. The van der Waals surface area contributed by atoms with Gasteiger partial charge in [-0.3, -0.25) is 9.59 Å². The number of hydrogen-bond donors (Lipinski definition) is 2. The Bertz CT molecular complexity index is 1270. The van der Waals surface area contributed by atoms with Gasteiger partial charge in [-0.2, -0.15) is 0 Å². The highest BCUT2D eigenvalue weighted by atomic mass is 35.5. The molecule has 4 rings (SSSR count). The van der Waals surface area contributed by atoms with E-state index in [4.69, 9.17) is 20.4 Å². The van der Waals surface area contributed by atoms with E-state index in [0.717, 1.165) is 11.1 Å². The fraction of sp³-hybridized carbons (Fsp3) is 0.0400. The summed E-state index contributed by atoms with van der Waals surface area (Å²) in [4.78, 5) is 24.2. The minimum absolute atomic E-state index is 0.221. The molecule has 2 amide bonds. The van der Waals surface area contributed by atoms with Crippen molar-refractivity contribution >= 4 is 40.9 Å². The van der Waals surface area contributed by atoms with Gasteiger partial charge in [0.25, 0.3) is 5.91 Å². The molecule has 0 atom stereocenters. The predicted octanol–water partition coefficient (Wildman–Crippen LogP) is 6.41. The zero-order valence-electron chi connectivity index (χ0n) is 17.1. The van der Waals surface area contributed by atoms with Crippen molar-refractivity contribution in [2.75, 3.05) is 10.6 Å². The highest BCUT2D eigenvalue weighted by molar-refractivity contribution is 6.31. The average molecular weight is 447 g/mol. The fourth-order valence-electron chi connectivity index (χ4n) is 2.92. The van der Waals surface area contributed by atoms with Crippen LogP contribution in [0.4, 0.5) is 11.4 Å². The number of furan rings is 2. The third kappa shape index (κ3) is 5.17. The summed E-state index contributed by atoms with van der Waals surface area (Å²) < 4.78 is 10.8. The van der Waals surface area contributed by atoms with Crippen molar-refractivity contribution in [2.24, 2.45) is 0 Å². The van der Waals surface area contributed by atoms with Crippen molar-refractivity contribution in [3.8, 4) is 11.3 Å². The number of aryl methyl sites for hydroxylation is 1. The first kappa shape index (κ1) is 21.2. The van der Waals surface area contributed by atoms with Gasteiger partial charge in [0.2, 0.25) is 5.91 Å². The van der Waals surface area contributed by atoms with Crippen molar-refractivity contribution in [3.05, 3.63) is 101 Å². The molecular formula is C25H19ClN2O4. The monoisotopic (exact) mass is 446 g/mol. The van der Waals surface area contributed by atoms with Crippen LogP contribution in [0.5, 0.6) is 0 Å². The van der Waals surface area contributed by atoms with Crippen LogP contribution in [0.3, 0.4) is 0 Å². The number of benzene rings is 2. The van der Waals surface area contributed by atoms with Crippen LogP contribution in [0.2, 0.25) is 5.02 Å². The molecule has 0 unspecified atom stereocenters. The number of carbonyl (C=O) groups is 2. The number of rotatable bonds is 6. The molecular weight excluding hydrogens is 428 g/mol. The summed E-state index contributed by atoms with van der Waals surface area (Å²) in [5.74, 6) is 0.773. The van der Waals surface area contributed by atoms with Gasteiger partial charge in [-0.05, 0) is 73.2 Å². The van der Waals surface area contributed by atoms with Crippen LogP contribution < -0.4 is 10.6 Å². The summed E-state index contributed by atoms with van der Waals surface area (Å²) in [5.41, 5.74) is 3.03. The van der Waals surface area contributed by atoms with Gasteiger partial charge < -0.3 is 19.5 Å². The number of amides is 2. The molecule has 7 heteroatoms. The smallest absolute Gasteiger partial charge is 0.291 e. The van der Waals surface area contributed by atoms with E-state index >= 15 is 0 Å². The average Bonchev–Trinajstić information content (AvgIpc) is 3.48. The van der Waals surface area contributed by atoms with Gasteiger partial charge >= 0.3 is 0 Å². The Labute approximate surface area is 189 Å². The quantitative estimate of drug-likeness (QED) is 0.335. The maximum absolute atomic E-state index is 12.2. The highest BCUT2D eigenvalue weighted by Crippen LogP contribution is 2.27. The van der Waals surface area contributed by atoms with E-state index in [1.165, 1.54) is 12.3 Å². The van der Waals surface area contributed by atoms with Gasteiger partial charge in [0.1, 0.15) is 11.5 Å². The summed E-state index contributed by atoms with van der Waals surface area (Å²) in [7, 11) is 0. The van der Waals surface area contributed by atoms with Crippen LogP contribution in [0.25, 0.3) is 17.4 Å². The first-order valence-electron chi connectivity index (χ1n) is 9.78. The fourth-order valence-corrected chi connectivity index (χ4v) is 3.10. The summed E-state index contributed by atoms with van der Waals surface area (Å²) in [5, 5.41) is 6.14. The molecule has 2 N–H and O–H groups in total. The number of halogens is 1. The lowest BCUT2D eigenvalue weighted by Gasteiger charge is -2.05. The summed E-state index contributed by atoms with van der Waals surface area (Å²) >= 11 is 6.17. The van der Waals surface area contributed by atoms with Crippen LogP contribution in [0, 0.1) is 6.92 Å². The normalized spacial score (nSPS) is 10.9. The van der Waals surface area contributed by atoms with Crippen LogP contribution in [-0.2, 0) is 4.79 Å². The van der Waals surface area contributed by atoms with Crippen LogP contribution in [-0.4, -0.2) is 11.8 Å². The molecule has 0 aliphatic heterocycles. The van der Waals surface area contributed by atoms with E-state index < -0.39 is 0 Å². The summed E-state index contributed by atoms with van der Waals surface area (Å²) in [6, 6.07) is 19.3. The maximum Gasteiger partial charge on any atom is 0.291 e. The second kappa shape index (κ2) is 9.41. The summed E-state index contributed by atoms with van der Waals surface area (Å²) in [6.07, 6.45) is 4.41. The van der Waals surface area contributed by atoms with Gasteiger partial charge in [-0.15, -0.1) is 0 Å². The van der Waals surface area contributed by atoms with Gasteiger partial charge in [0.15, 0.2) is 5.76 Å². The number of carbonyl (C=O) groups excluding carboxylic acids is 2. The molecule has 0 saturated carbocycles. The Morgan fingerprint density at radius 2 is 1.69 bits per heavy atom. The third-order valence-electron chi connectivity index (χ3n) is 4.64. The van der Waals surface area contributed by atoms with E-state index in [2.05, 4.69) is 10.6 Å². The van der Waals surface area contributed by atoms with E-state index in [1.807, 2.05) is 31.2 Å². The Hall–Kier alpha value is -4.03. The minimum atomic E-state index is -0.347. The molecule has 2 aromatic carbocycles. The van der Waals surface area contributed by atoms with Gasteiger partial charge in [-0.1, -0.05) is 23.7 Å². The van der Waals surface area contributed by atoms with Crippen molar-refractivity contribution in [2.45, 2.75) is 6.92 Å². The molecule has 0 aliphatic rings. The SMILES string of the molecule is Cc1ccc(-c2ccc(C=CC(=O)Nc3ccc(NC(=O)c4ccco4)cc3)o2)cc1Cl. The lowest BCUT2D eigenvalue weighted by molar-refractivity contribution is -0.111. The number of anilines is 2. The molecule has 0 spiro atoms. The maximum atomic E-state index is 12.2. The molecule has 32 heavy (non-hydrogen) atoms. The van der Waals surface area contributed by atoms with E-state index in [9.17, 15) is 9.59 Å². The van der Waals surface area contributed by atoms with Crippen LogP contribution >= 0.6 is 11.6 Å². The Morgan fingerprint density at radius 1 is 0.938 bits per heavy atom. The van der Waals surface area contributed by atoms with Crippen LogP contribution in [0.1, 0.15) is 21.9 Å². The van der Waals surface area contributed by atoms with Crippen LogP contribution in [0.15, 0.2) is 87.9 Å². The Morgan fingerprint density at radius 3 is 2.38 bits per heavy atom. The van der Waals surface area contributed by atoms with Crippen molar-refractivity contribution < 1.29 is 18.4 Å². The molecule has 160 valence electrons. The van der Waals surface area contributed by atoms with E-state index in [1.54, 1.807) is 48.5 Å². The molecule has 0 fully saturated rings. The molecule has 6 nitrogen and oxygen atoms in total. The van der Waals surface area contributed by atoms with Crippen molar-refractivity contribution in [1.82, 2.24) is 0 Å². The highest BCUT2D eigenvalue weighted by Gasteiger charge is 2.09. The zero-order chi connectivity index (χ0) is 22.5. The van der Waals surface area contributed by atoms with E-state index in [-0.39, 0.29) is 17.6 Å².